The number of nitrogens with one attached hydrogen (secondary N) is 1. The molecule has 0 spiro atoms. The lowest BCUT2D eigenvalue weighted by Gasteiger charge is -2.04. The number of phenolic OH excluding ortho intramolecular Hbond substituents is 1. The van der Waals surface area contributed by atoms with Crippen LogP contribution in [0.15, 0.2) is 24.3 Å². The zero-order valence-corrected chi connectivity index (χ0v) is 7.08. The summed E-state index contributed by atoms with van der Waals surface area (Å²) in [4.78, 5) is 0. The molecule has 2 N–H and O–H groups in total. The van der Waals surface area contributed by atoms with Gasteiger partial charge in [-0.3, -0.25) is 0 Å². The first kappa shape index (κ1) is 8.87. The molecule has 0 atom stereocenters. The minimum absolute atomic E-state index is 0.233. The van der Waals surface area contributed by atoms with Crippen molar-refractivity contribution >= 4 is 0 Å². The summed E-state index contributed by atoms with van der Waals surface area (Å²) >= 11 is 0. The largest absolute Gasteiger partial charge is 0.508 e. The maximum atomic E-state index is 9.07. The van der Waals surface area contributed by atoms with Gasteiger partial charge in [-0.15, -0.1) is 0 Å². The molecule has 0 amide bonds. The Balaban J connectivity index is 2.41. The van der Waals surface area contributed by atoms with Crippen LogP contribution in [0.1, 0.15) is 0 Å². The third kappa shape index (κ3) is 2.80. The Kier molecular flexibility index (Phi) is 3.41. The van der Waals surface area contributed by atoms with Gasteiger partial charge in [-0.1, -0.05) is 6.07 Å². The van der Waals surface area contributed by atoms with E-state index in [9.17, 15) is 0 Å². The summed E-state index contributed by atoms with van der Waals surface area (Å²) < 4.78 is 5.30. The standard InChI is InChI=1S/C9H13NO2/c1-10-5-6-12-9-4-2-3-8(11)7-9/h2-4,7,10-11H,5-6H2,1H3. The lowest BCUT2D eigenvalue weighted by Crippen LogP contribution is -2.15. The fourth-order valence-electron chi connectivity index (χ4n) is 0.844. The van der Waals surface area contributed by atoms with Crippen LogP contribution in [0.4, 0.5) is 0 Å². The van der Waals surface area contributed by atoms with Gasteiger partial charge in [0.2, 0.25) is 0 Å². The summed E-state index contributed by atoms with van der Waals surface area (Å²) in [6.45, 7) is 1.41. The van der Waals surface area contributed by atoms with Gasteiger partial charge in [-0.05, 0) is 19.2 Å². The van der Waals surface area contributed by atoms with E-state index in [1.165, 1.54) is 0 Å². The Hall–Kier alpha value is -1.22. The molecule has 0 aromatic heterocycles. The highest BCUT2D eigenvalue weighted by molar-refractivity contribution is 5.31. The van der Waals surface area contributed by atoms with Crippen molar-refractivity contribution in [3.8, 4) is 11.5 Å². The number of aromatic hydroxyl groups is 1. The number of benzene rings is 1. The summed E-state index contributed by atoms with van der Waals surface area (Å²) in [6.07, 6.45) is 0. The Labute approximate surface area is 72.0 Å². The minimum Gasteiger partial charge on any atom is -0.508 e. The normalized spacial score (nSPS) is 9.75. The van der Waals surface area contributed by atoms with Crippen molar-refractivity contribution in [2.45, 2.75) is 0 Å². The number of hydrogen-bond acceptors (Lipinski definition) is 3. The van der Waals surface area contributed by atoms with Crippen LogP contribution in [0.5, 0.6) is 11.5 Å². The van der Waals surface area contributed by atoms with Gasteiger partial charge in [0.25, 0.3) is 0 Å². The van der Waals surface area contributed by atoms with E-state index in [4.69, 9.17) is 9.84 Å². The Bertz CT molecular complexity index is 238. The van der Waals surface area contributed by atoms with Crippen LogP contribution in [0.25, 0.3) is 0 Å². The number of hydrogen-bond donors (Lipinski definition) is 2. The zero-order valence-electron chi connectivity index (χ0n) is 7.08. The van der Waals surface area contributed by atoms with E-state index < -0.39 is 0 Å². The molecule has 0 saturated heterocycles. The first-order valence-corrected chi connectivity index (χ1v) is 3.89. The molecule has 3 heteroatoms. The molecule has 0 bridgehead atoms. The second-order valence-corrected chi connectivity index (χ2v) is 2.45. The fourth-order valence-corrected chi connectivity index (χ4v) is 0.844. The van der Waals surface area contributed by atoms with Gasteiger partial charge < -0.3 is 15.2 Å². The monoisotopic (exact) mass is 167 g/mol. The van der Waals surface area contributed by atoms with Gasteiger partial charge in [-0.2, -0.15) is 0 Å². The van der Waals surface area contributed by atoms with Gasteiger partial charge >= 0.3 is 0 Å². The van der Waals surface area contributed by atoms with Crippen LogP contribution in [0.3, 0.4) is 0 Å². The fraction of sp³-hybridized carbons (Fsp3) is 0.333. The summed E-state index contributed by atoms with van der Waals surface area (Å²) in [5.41, 5.74) is 0. The molecular weight excluding hydrogens is 154 g/mol. The van der Waals surface area contributed by atoms with E-state index >= 15 is 0 Å². The van der Waals surface area contributed by atoms with Crippen molar-refractivity contribution in [3.05, 3.63) is 24.3 Å². The number of rotatable bonds is 4. The SMILES string of the molecule is CNCCOc1cccc(O)c1. The van der Waals surface area contributed by atoms with Crippen LogP contribution in [0, 0.1) is 0 Å². The molecule has 3 nitrogen and oxygen atoms in total. The van der Waals surface area contributed by atoms with Gasteiger partial charge in [-0.25, -0.2) is 0 Å². The Morgan fingerprint density at radius 2 is 2.33 bits per heavy atom. The molecule has 66 valence electrons. The molecule has 0 aliphatic carbocycles. The summed E-state index contributed by atoms with van der Waals surface area (Å²) in [7, 11) is 1.87. The molecule has 0 saturated carbocycles. The average molecular weight is 167 g/mol. The first-order chi connectivity index (χ1) is 5.83. The van der Waals surface area contributed by atoms with Gasteiger partial charge in [0.1, 0.15) is 18.1 Å². The van der Waals surface area contributed by atoms with Crippen molar-refractivity contribution in [1.29, 1.82) is 0 Å². The maximum Gasteiger partial charge on any atom is 0.123 e. The number of likely N-dealkylation sites (N-methyl/N-ethyl adjacent to an activating group) is 1. The zero-order chi connectivity index (χ0) is 8.81. The summed E-state index contributed by atoms with van der Waals surface area (Å²) in [6, 6.07) is 6.78. The van der Waals surface area contributed by atoms with Crippen LogP contribution in [0.2, 0.25) is 0 Å². The average Bonchev–Trinajstić information content (AvgIpc) is 2.05. The molecular formula is C9H13NO2. The maximum absolute atomic E-state index is 9.07. The Morgan fingerprint density at radius 1 is 1.50 bits per heavy atom. The predicted molar refractivity (Wildman–Crippen MR) is 47.5 cm³/mol. The topological polar surface area (TPSA) is 41.5 Å². The van der Waals surface area contributed by atoms with E-state index in [1.54, 1.807) is 18.2 Å². The number of phenols is 1. The molecule has 0 unspecified atom stereocenters. The van der Waals surface area contributed by atoms with Crippen molar-refractivity contribution in [2.75, 3.05) is 20.2 Å². The van der Waals surface area contributed by atoms with Crippen LogP contribution < -0.4 is 10.1 Å². The van der Waals surface area contributed by atoms with E-state index in [-0.39, 0.29) is 5.75 Å². The van der Waals surface area contributed by atoms with Gasteiger partial charge in [0, 0.05) is 12.6 Å². The highest BCUT2D eigenvalue weighted by atomic mass is 16.5. The molecule has 0 heterocycles. The lowest BCUT2D eigenvalue weighted by molar-refractivity contribution is 0.316. The van der Waals surface area contributed by atoms with E-state index in [0.29, 0.717) is 12.4 Å². The molecule has 12 heavy (non-hydrogen) atoms. The van der Waals surface area contributed by atoms with Crippen molar-refractivity contribution < 1.29 is 9.84 Å². The highest BCUT2D eigenvalue weighted by Gasteiger charge is 1.93. The first-order valence-electron chi connectivity index (χ1n) is 3.89. The van der Waals surface area contributed by atoms with Crippen molar-refractivity contribution in [1.82, 2.24) is 5.32 Å². The van der Waals surface area contributed by atoms with Gasteiger partial charge in [0.15, 0.2) is 0 Å². The van der Waals surface area contributed by atoms with Crippen molar-refractivity contribution in [3.63, 3.8) is 0 Å². The number of ether oxygens (including phenoxy) is 1. The van der Waals surface area contributed by atoms with Crippen LogP contribution in [-0.4, -0.2) is 25.3 Å². The lowest BCUT2D eigenvalue weighted by atomic mass is 10.3. The van der Waals surface area contributed by atoms with Gasteiger partial charge in [0.05, 0.1) is 0 Å². The predicted octanol–water partition coefficient (Wildman–Crippen LogP) is 0.990. The molecule has 1 aromatic carbocycles. The molecule has 0 aliphatic heterocycles. The van der Waals surface area contributed by atoms with Crippen LogP contribution >= 0.6 is 0 Å². The van der Waals surface area contributed by atoms with Crippen LogP contribution in [-0.2, 0) is 0 Å². The molecule has 1 aromatic rings. The molecule has 0 aliphatic rings. The van der Waals surface area contributed by atoms with E-state index in [2.05, 4.69) is 5.32 Å². The third-order valence-electron chi connectivity index (χ3n) is 1.44. The highest BCUT2D eigenvalue weighted by Crippen LogP contribution is 2.17. The quantitative estimate of drug-likeness (QED) is 0.657. The second kappa shape index (κ2) is 4.62. The minimum atomic E-state index is 0.233. The molecule has 0 radical (unpaired) electrons. The third-order valence-corrected chi connectivity index (χ3v) is 1.44. The smallest absolute Gasteiger partial charge is 0.123 e. The van der Waals surface area contributed by atoms with E-state index in [0.717, 1.165) is 6.54 Å². The molecule has 1 rings (SSSR count). The van der Waals surface area contributed by atoms with E-state index in [1.807, 2.05) is 13.1 Å². The summed E-state index contributed by atoms with van der Waals surface area (Å²) in [5, 5.41) is 12.0. The molecule has 0 fully saturated rings. The Morgan fingerprint density at radius 3 is 3.00 bits per heavy atom. The van der Waals surface area contributed by atoms with Crippen molar-refractivity contribution in [2.24, 2.45) is 0 Å². The summed E-state index contributed by atoms with van der Waals surface area (Å²) in [5.74, 6) is 0.933. The second-order valence-electron chi connectivity index (χ2n) is 2.45.